The number of carbonyl (C=O) groups excluding carboxylic acids is 1. The highest BCUT2D eigenvalue weighted by Crippen LogP contribution is 2.52. The number of amides is 1. The van der Waals surface area contributed by atoms with E-state index in [1.54, 1.807) is 6.07 Å². The van der Waals surface area contributed by atoms with Gasteiger partial charge in [0.05, 0.1) is 7.11 Å². The van der Waals surface area contributed by atoms with Crippen molar-refractivity contribution in [1.82, 2.24) is 0 Å². The first-order valence-corrected chi connectivity index (χ1v) is 8.39. The Morgan fingerprint density at radius 1 is 1.45 bits per heavy atom. The first-order valence-electron chi connectivity index (χ1n) is 6.09. The van der Waals surface area contributed by atoms with Crippen LogP contribution in [-0.2, 0) is 13.8 Å². The number of nitrogens with one attached hydrogen (secondary N) is 1. The summed E-state index contributed by atoms with van der Waals surface area (Å²) in [5.41, 5.74) is 0.399. The lowest BCUT2D eigenvalue weighted by Crippen LogP contribution is -2.16. The summed E-state index contributed by atoms with van der Waals surface area (Å²) >= 11 is 0. The molecule has 1 amide bonds. The monoisotopic (exact) mass is 317 g/mol. The van der Waals surface area contributed by atoms with E-state index in [2.05, 4.69) is 5.32 Å². The van der Waals surface area contributed by atoms with E-state index in [1.165, 1.54) is 19.2 Å². The van der Waals surface area contributed by atoms with Crippen molar-refractivity contribution in [3.05, 3.63) is 18.2 Å². The Labute approximate surface area is 122 Å². The molecular weight excluding hydrogens is 302 g/mol. The van der Waals surface area contributed by atoms with E-state index in [0.717, 1.165) is 6.42 Å². The molecule has 110 valence electrons. The molecule has 0 aliphatic heterocycles. The van der Waals surface area contributed by atoms with Gasteiger partial charge in [0.25, 0.3) is 9.05 Å². The molecule has 0 heterocycles. The minimum absolute atomic E-state index is 0.0118. The van der Waals surface area contributed by atoms with Crippen LogP contribution in [0.5, 0.6) is 5.75 Å². The standard InChI is InChI=1S/C13H16ClNO4S/c1-13(2)7-9(13)12(16)15-8-4-5-10(19-3)11(6-8)20(14,17)18/h4-6,9H,7H2,1-3H3,(H,15,16). The van der Waals surface area contributed by atoms with Crippen molar-refractivity contribution >= 4 is 31.3 Å². The number of carbonyl (C=O) groups is 1. The Balaban J connectivity index is 2.24. The maximum atomic E-state index is 12.0. The molecule has 1 unspecified atom stereocenters. The van der Waals surface area contributed by atoms with E-state index in [-0.39, 0.29) is 27.9 Å². The molecule has 1 fully saturated rings. The van der Waals surface area contributed by atoms with E-state index in [4.69, 9.17) is 15.4 Å². The third-order valence-corrected chi connectivity index (χ3v) is 4.87. The molecule has 1 saturated carbocycles. The Morgan fingerprint density at radius 2 is 2.05 bits per heavy atom. The van der Waals surface area contributed by atoms with Crippen molar-refractivity contribution in [2.75, 3.05) is 12.4 Å². The van der Waals surface area contributed by atoms with Gasteiger partial charge in [-0.3, -0.25) is 4.79 Å². The average molecular weight is 318 g/mol. The topological polar surface area (TPSA) is 72.5 Å². The summed E-state index contributed by atoms with van der Waals surface area (Å²) in [5.74, 6) is -0.0106. The van der Waals surface area contributed by atoms with Crippen molar-refractivity contribution in [3.63, 3.8) is 0 Å². The lowest BCUT2D eigenvalue weighted by molar-refractivity contribution is -0.118. The van der Waals surface area contributed by atoms with Gasteiger partial charge >= 0.3 is 0 Å². The van der Waals surface area contributed by atoms with Crippen LogP contribution in [0.3, 0.4) is 0 Å². The number of hydrogen-bond donors (Lipinski definition) is 1. The molecule has 0 radical (unpaired) electrons. The van der Waals surface area contributed by atoms with Gasteiger partial charge in [0.15, 0.2) is 0 Å². The highest BCUT2D eigenvalue weighted by atomic mass is 35.7. The van der Waals surface area contributed by atoms with Crippen LogP contribution < -0.4 is 10.1 Å². The summed E-state index contributed by atoms with van der Waals surface area (Å²) in [6, 6.07) is 4.34. The molecule has 1 aromatic carbocycles. The zero-order valence-electron chi connectivity index (χ0n) is 11.4. The van der Waals surface area contributed by atoms with Gasteiger partial charge in [0, 0.05) is 22.3 Å². The maximum absolute atomic E-state index is 12.0. The summed E-state index contributed by atoms with van der Waals surface area (Å²) in [7, 11) is 2.77. The molecule has 1 aliphatic carbocycles. The van der Waals surface area contributed by atoms with Gasteiger partial charge < -0.3 is 10.1 Å². The molecule has 5 nitrogen and oxygen atoms in total. The van der Waals surface area contributed by atoms with Gasteiger partial charge in [-0.1, -0.05) is 13.8 Å². The number of anilines is 1. The zero-order chi connectivity index (χ0) is 15.1. The Kier molecular flexibility index (Phi) is 3.73. The summed E-state index contributed by atoms with van der Waals surface area (Å²) in [5, 5.41) is 2.71. The van der Waals surface area contributed by atoms with Crippen molar-refractivity contribution in [3.8, 4) is 5.75 Å². The van der Waals surface area contributed by atoms with Crippen LogP contribution >= 0.6 is 10.7 Å². The Morgan fingerprint density at radius 3 is 2.50 bits per heavy atom. The molecule has 2 rings (SSSR count). The van der Waals surface area contributed by atoms with Crippen molar-refractivity contribution in [1.29, 1.82) is 0 Å². The first-order chi connectivity index (χ1) is 9.15. The van der Waals surface area contributed by atoms with Crippen LogP contribution in [0.1, 0.15) is 20.3 Å². The molecule has 0 saturated heterocycles. The molecule has 1 N–H and O–H groups in total. The highest BCUT2D eigenvalue weighted by molar-refractivity contribution is 8.13. The van der Waals surface area contributed by atoms with Gasteiger partial charge in [-0.15, -0.1) is 0 Å². The van der Waals surface area contributed by atoms with Gasteiger partial charge in [-0.05, 0) is 30.0 Å². The first kappa shape index (κ1) is 15.1. The molecule has 0 aromatic heterocycles. The van der Waals surface area contributed by atoms with E-state index >= 15 is 0 Å². The number of benzene rings is 1. The second-order valence-electron chi connectivity index (χ2n) is 5.54. The smallest absolute Gasteiger partial charge is 0.265 e. The number of halogens is 1. The predicted octanol–water partition coefficient (Wildman–Crippen LogP) is 2.61. The fourth-order valence-electron chi connectivity index (χ4n) is 2.09. The predicted molar refractivity (Wildman–Crippen MR) is 76.6 cm³/mol. The van der Waals surface area contributed by atoms with Crippen LogP contribution in [0.4, 0.5) is 5.69 Å². The van der Waals surface area contributed by atoms with Gasteiger partial charge in [0.2, 0.25) is 5.91 Å². The van der Waals surface area contributed by atoms with E-state index in [1.807, 2.05) is 13.8 Å². The molecule has 0 spiro atoms. The number of methoxy groups -OCH3 is 1. The van der Waals surface area contributed by atoms with Gasteiger partial charge in [0.1, 0.15) is 10.6 Å². The third-order valence-electron chi connectivity index (χ3n) is 3.52. The molecule has 0 bridgehead atoms. The number of ether oxygens (including phenoxy) is 1. The van der Waals surface area contributed by atoms with E-state index in [9.17, 15) is 13.2 Å². The van der Waals surface area contributed by atoms with Crippen LogP contribution in [0.2, 0.25) is 0 Å². The molecule has 20 heavy (non-hydrogen) atoms. The SMILES string of the molecule is COc1ccc(NC(=O)C2CC2(C)C)cc1S(=O)(=O)Cl. The normalized spacial score (nSPS) is 20.3. The summed E-state index contributed by atoms with van der Waals surface area (Å²) in [4.78, 5) is 11.8. The molecule has 1 atom stereocenters. The quantitative estimate of drug-likeness (QED) is 0.866. The van der Waals surface area contributed by atoms with Crippen LogP contribution in [0, 0.1) is 11.3 Å². The van der Waals surface area contributed by atoms with Crippen LogP contribution in [0.15, 0.2) is 23.1 Å². The fourth-order valence-corrected chi connectivity index (χ4v) is 3.11. The average Bonchev–Trinajstić information content (AvgIpc) is 2.97. The minimum Gasteiger partial charge on any atom is -0.495 e. The second-order valence-corrected chi connectivity index (χ2v) is 8.07. The summed E-state index contributed by atoms with van der Waals surface area (Å²) < 4.78 is 27.9. The van der Waals surface area contributed by atoms with Gasteiger partial charge in [-0.2, -0.15) is 0 Å². The highest BCUT2D eigenvalue weighted by Gasteiger charge is 2.50. The van der Waals surface area contributed by atoms with Gasteiger partial charge in [-0.25, -0.2) is 8.42 Å². The third kappa shape index (κ3) is 3.07. The lowest BCUT2D eigenvalue weighted by Gasteiger charge is -2.10. The van der Waals surface area contributed by atoms with Crippen LogP contribution in [-0.4, -0.2) is 21.4 Å². The summed E-state index contributed by atoms with van der Waals surface area (Å²) in [6.45, 7) is 4.03. The Bertz CT molecular complexity index is 654. The second kappa shape index (κ2) is 4.93. The number of rotatable bonds is 4. The Hall–Kier alpha value is -1.27. The molecular formula is C13H16ClNO4S. The maximum Gasteiger partial charge on any atom is 0.265 e. The molecule has 1 aliphatic rings. The number of hydrogen-bond acceptors (Lipinski definition) is 4. The zero-order valence-corrected chi connectivity index (χ0v) is 13.0. The fraction of sp³-hybridized carbons (Fsp3) is 0.462. The minimum atomic E-state index is -3.94. The molecule has 7 heteroatoms. The van der Waals surface area contributed by atoms with Crippen molar-refractivity contribution < 1.29 is 17.9 Å². The van der Waals surface area contributed by atoms with Crippen molar-refractivity contribution in [2.45, 2.75) is 25.2 Å². The molecule has 1 aromatic rings. The van der Waals surface area contributed by atoms with E-state index in [0.29, 0.717) is 5.69 Å². The summed E-state index contributed by atoms with van der Waals surface area (Å²) in [6.07, 6.45) is 0.829. The van der Waals surface area contributed by atoms with Crippen molar-refractivity contribution in [2.24, 2.45) is 11.3 Å². The largest absolute Gasteiger partial charge is 0.495 e. The lowest BCUT2D eigenvalue weighted by atomic mass is 10.1. The van der Waals surface area contributed by atoms with Crippen LogP contribution in [0.25, 0.3) is 0 Å². The van der Waals surface area contributed by atoms with E-state index < -0.39 is 9.05 Å².